The number of nitrogens with one attached hydrogen (secondary N) is 1. The maximum absolute atomic E-state index is 12.8. The molecule has 4 rings (SSSR count). The molecule has 2 aromatic carbocycles. The molecule has 8 heteroatoms. The molecule has 0 spiro atoms. The Balaban J connectivity index is 1.30. The number of hydrogen-bond donors (Lipinski definition) is 1. The first-order valence-corrected chi connectivity index (χ1v) is 11.7. The van der Waals surface area contributed by atoms with E-state index < -0.39 is 0 Å². The zero-order valence-electron chi connectivity index (χ0n) is 18.5. The van der Waals surface area contributed by atoms with E-state index in [1.54, 1.807) is 0 Å². The smallest absolute Gasteiger partial charge is 0.253 e. The number of carbonyl (C=O) groups is 2. The second-order valence-electron chi connectivity index (χ2n) is 8.06. The van der Waals surface area contributed by atoms with Crippen molar-refractivity contribution in [3.63, 3.8) is 0 Å². The van der Waals surface area contributed by atoms with Crippen LogP contribution in [0.15, 0.2) is 42.5 Å². The molecule has 1 aliphatic heterocycles. The van der Waals surface area contributed by atoms with Crippen molar-refractivity contribution in [3.8, 4) is 5.75 Å². The van der Waals surface area contributed by atoms with E-state index >= 15 is 0 Å². The molecule has 3 aromatic rings. The largest absolute Gasteiger partial charge is 0.493 e. The molecular weight excluding hydrogens is 424 g/mol. The van der Waals surface area contributed by atoms with Crippen LogP contribution < -0.4 is 10.1 Å². The normalized spacial score (nSPS) is 14.5. The lowest BCUT2D eigenvalue weighted by molar-refractivity contribution is -0.116. The highest BCUT2D eigenvalue weighted by molar-refractivity contribution is 7.22. The van der Waals surface area contributed by atoms with Gasteiger partial charge in [-0.05, 0) is 50.2 Å². The third-order valence-corrected chi connectivity index (χ3v) is 6.51. The van der Waals surface area contributed by atoms with Crippen LogP contribution in [0.2, 0.25) is 0 Å². The summed E-state index contributed by atoms with van der Waals surface area (Å²) in [6.07, 6.45) is 0.976. The average Bonchev–Trinajstić information content (AvgIpc) is 3.19. The number of ether oxygens (including phenoxy) is 1. The number of carbonyl (C=O) groups excluding carboxylic acids is 2. The van der Waals surface area contributed by atoms with E-state index in [1.807, 2.05) is 54.3 Å². The quantitative estimate of drug-likeness (QED) is 0.552. The van der Waals surface area contributed by atoms with Crippen molar-refractivity contribution < 1.29 is 14.3 Å². The summed E-state index contributed by atoms with van der Waals surface area (Å²) in [6, 6.07) is 13.4. The highest BCUT2D eigenvalue weighted by Gasteiger charge is 2.21. The number of piperazine rings is 1. The number of fused-ring (bicyclic) bond motifs is 1. The van der Waals surface area contributed by atoms with Crippen LogP contribution >= 0.6 is 11.3 Å². The van der Waals surface area contributed by atoms with Gasteiger partial charge in [0, 0.05) is 38.2 Å². The molecule has 0 radical (unpaired) electrons. The topological polar surface area (TPSA) is 74.8 Å². The van der Waals surface area contributed by atoms with E-state index in [4.69, 9.17) is 4.74 Å². The SMILES string of the molecule is Cc1ccccc1OCCCC(=O)Nc1nc2ccc(C(=O)N3CCN(C)CC3)cc2s1. The fraction of sp³-hybridized carbons (Fsp3) is 0.375. The lowest BCUT2D eigenvalue weighted by atomic mass is 10.1. The second kappa shape index (κ2) is 10.1. The molecule has 0 atom stereocenters. The number of likely N-dealkylation sites (N-methyl/N-ethyl adjacent to an activating group) is 1. The first kappa shape index (κ1) is 22.2. The lowest BCUT2D eigenvalue weighted by Gasteiger charge is -2.32. The Morgan fingerprint density at radius 2 is 1.91 bits per heavy atom. The van der Waals surface area contributed by atoms with Crippen molar-refractivity contribution in [2.24, 2.45) is 0 Å². The van der Waals surface area contributed by atoms with Crippen LogP contribution in [-0.4, -0.2) is 66.4 Å². The number of amides is 2. The van der Waals surface area contributed by atoms with Gasteiger partial charge in [-0.25, -0.2) is 4.98 Å². The summed E-state index contributed by atoms with van der Waals surface area (Å²) in [5.41, 5.74) is 2.52. The monoisotopic (exact) mass is 452 g/mol. The van der Waals surface area contributed by atoms with E-state index in [-0.39, 0.29) is 11.8 Å². The number of hydrogen-bond acceptors (Lipinski definition) is 6. The summed E-state index contributed by atoms with van der Waals surface area (Å²) in [7, 11) is 2.07. The number of aromatic nitrogens is 1. The maximum atomic E-state index is 12.8. The zero-order valence-corrected chi connectivity index (χ0v) is 19.3. The Kier molecular flexibility index (Phi) is 7.02. The minimum absolute atomic E-state index is 0.0487. The zero-order chi connectivity index (χ0) is 22.5. The number of nitrogens with zero attached hydrogens (tertiary/aromatic N) is 3. The van der Waals surface area contributed by atoms with Crippen molar-refractivity contribution in [3.05, 3.63) is 53.6 Å². The van der Waals surface area contributed by atoms with E-state index in [0.29, 0.717) is 30.1 Å². The van der Waals surface area contributed by atoms with Crippen molar-refractivity contribution >= 4 is 38.5 Å². The summed E-state index contributed by atoms with van der Waals surface area (Å²) in [5, 5.41) is 3.42. The molecule has 7 nitrogen and oxygen atoms in total. The molecule has 0 bridgehead atoms. The van der Waals surface area contributed by atoms with Crippen LogP contribution in [0.5, 0.6) is 5.75 Å². The fourth-order valence-electron chi connectivity index (χ4n) is 3.62. The Hall–Kier alpha value is -2.97. The highest BCUT2D eigenvalue weighted by atomic mass is 32.1. The van der Waals surface area contributed by atoms with Gasteiger partial charge < -0.3 is 19.9 Å². The van der Waals surface area contributed by atoms with Gasteiger partial charge >= 0.3 is 0 Å². The van der Waals surface area contributed by atoms with Crippen molar-refractivity contribution in [1.82, 2.24) is 14.8 Å². The van der Waals surface area contributed by atoms with Gasteiger partial charge in [-0.2, -0.15) is 0 Å². The number of anilines is 1. The maximum Gasteiger partial charge on any atom is 0.253 e. The first-order valence-electron chi connectivity index (χ1n) is 10.9. The van der Waals surface area contributed by atoms with E-state index in [1.165, 1.54) is 11.3 Å². The highest BCUT2D eigenvalue weighted by Crippen LogP contribution is 2.27. The van der Waals surface area contributed by atoms with Crippen LogP contribution in [0, 0.1) is 6.92 Å². The Bertz CT molecular complexity index is 1110. The summed E-state index contributed by atoms with van der Waals surface area (Å²) < 4.78 is 6.64. The molecular formula is C24H28N4O3S. The molecule has 1 N–H and O–H groups in total. The van der Waals surface area contributed by atoms with Crippen LogP contribution in [-0.2, 0) is 4.79 Å². The summed E-state index contributed by atoms with van der Waals surface area (Å²) in [6.45, 7) is 5.74. The van der Waals surface area contributed by atoms with Gasteiger partial charge in [0.2, 0.25) is 5.91 Å². The molecule has 0 aliphatic carbocycles. The van der Waals surface area contributed by atoms with Gasteiger partial charge in [0.05, 0.1) is 16.8 Å². The van der Waals surface area contributed by atoms with Crippen LogP contribution in [0.4, 0.5) is 5.13 Å². The molecule has 0 unspecified atom stereocenters. The van der Waals surface area contributed by atoms with Gasteiger partial charge in [-0.3, -0.25) is 9.59 Å². The van der Waals surface area contributed by atoms with Gasteiger partial charge in [-0.15, -0.1) is 0 Å². The fourth-order valence-corrected chi connectivity index (χ4v) is 4.54. The minimum atomic E-state index is -0.0915. The minimum Gasteiger partial charge on any atom is -0.493 e. The Morgan fingerprint density at radius 3 is 2.69 bits per heavy atom. The van der Waals surface area contributed by atoms with Crippen LogP contribution in [0.25, 0.3) is 10.2 Å². The second-order valence-corrected chi connectivity index (χ2v) is 9.09. The third kappa shape index (κ3) is 5.44. The van der Waals surface area contributed by atoms with Gasteiger partial charge in [0.25, 0.3) is 5.91 Å². The molecule has 168 valence electrons. The van der Waals surface area contributed by atoms with Crippen molar-refractivity contribution in [2.45, 2.75) is 19.8 Å². The standard InChI is InChI=1S/C24H28N4O3S/c1-17-6-3-4-7-20(17)31-15-5-8-22(29)26-24-25-19-10-9-18(16-21(19)32-24)23(30)28-13-11-27(2)12-14-28/h3-4,6-7,9-10,16H,5,8,11-15H2,1-2H3,(H,25,26,29). The van der Waals surface area contributed by atoms with Crippen molar-refractivity contribution in [1.29, 1.82) is 0 Å². The molecule has 1 fully saturated rings. The van der Waals surface area contributed by atoms with E-state index in [9.17, 15) is 9.59 Å². The number of benzene rings is 2. The number of thiazole rings is 1. The molecule has 0 saturated carbocycles. The molecule has 2 heterocycles. The van der Waals surface area contributed by atoms with Crippen LogP contribution in [0.1, 0.15) is 28.8 Å². The van der Waals surface area contributed by atoms with Crippen molar-refractivity contribution in [2.75, 3.05) is 45.2 Å². The van der Waals surface area contributed by atoms with Gasteiger partial charge in [0.15, 0.2) is 5.13 Å². The lowest BCUT2D eigenvalue weighted by Crippen LogP contribution is -2.47. The predicted molar refractivity (Wildman–Crippen MR) is 128 cm³/mol. The third-order valence-electron chi connectivity index (χ3n) is 5.57. The number of para-hydroxylation sites is 1. The molecule has 1 aliphatic rings. The van der Waals surface area contributed by atoms with Gasteiger partial charge in [0.1, 0.15) is 5.75 Å². The Labute approximate surface area is 192 Å². The first-order chi connectivity index (χ1) is 15.5. The van der Waals surface area contributed by atoms with Gasteiger partial charge in [-0.1, -0.05) is 29.5 Å². The summed E-state index contributed by atoms with van der Waals surface area (Å²) >= 11 is 1.39. The molecule has 2 amide bonds. The Morgan fingerprint density at radius 1 is 1.12 bits per heavy atom. The van der Waals surface area contributed by atoms with Crippen LogP contribution in [0.3, 0.4) is 0 Å². The molecule has 1 aromatic heterocycles. The number of aryl methyl sites for hydroxylation is 1. The van der Waals surface area contributed by atoms with E-state index in [2.05, 4.69) is 22.2 Å². The summed E-state index contributed by atoms with van der Waals surface area (Å²) in [4.78, 5) is 33.7. The van der Waals surface area contributed by atoms with E-state index in [0.717, 1.165) is 47.7 Å². The molecule has 1 saturated heterocycles. The molecule has 32 heavy (non-hydrogen) atoms. The predicted octanol–water partition coefficient (Wildman–Crippen LogP) is 3.79. The number of rotatable bonds is 7. The summed E-state index contributed by atoms with van der Waals surface area (Å²) in [5.74, 6) is 0.805. The average molecular weight is 453 g/mol.